The van der Waals surface area contributed by atoms with E-state index in [1.165, 1.54) is 6.33 Å². The number of fused-ring (bicyclic) bond motifs is 1. The zero-order valence-electron chi connectivity index (χ0n) is 46.1. The van der Waals surface area contributed by atoms with Crippen molar-refractivity contribution in [3.63, 3.8) is 0 Å². The lowest BCUT2D eigenvalue weighted by Crippen LogP contribution is -2.50. The van der Waals surface area contributed by atoms with Crippen LogP contribution in [0, 0.1) is 22.8 Å². The number of ether oxygens (including phenoxy) is 4. The highest BCUT2D eigenvalue weighted by molar-refractivity contribution is 7.44. The van der Waals surface area contributed by atoms with Crippen LogP contribution in [-0.4, -0.2) is 123 Å². The molecule has 0 N–H and O–H groups in total. The van der Waals surface area contributed by atoms with E-state index in [1.807, 2.05) is 92.6 Å². The molecule has 3 heterocycles. The molecule has 0 aliphatic carbocycles. The Morgan fingerprint density at radius 1 is 0.849 bits per heavy atom. The van der Waals surface area contributed by atoms with Gasteiger partial charge in [0.1, 0.15) is 61.3 Å². The van der Waals surface area contributed by atoms with E-state index in [0.717, 1.165) is 22.5 Å². The van der Waals surface area contributed by atoms with E-state index in [0.29, 0.717) is 34.0 Å². The van der Waals surface area contributed by atoms with Gasteiger partial charge in [-0.05, 0) is 93.7 Å². The van der Waals surface area contributed by atoms with E-state index in [2.05, 4.69) is 116 Å². The van der Waals surface area contributed by atoms with Crippen molar-refractivity contribution in [3.05, 3.63) is 108 Å². The number of benzene rings is 3. The molecular formula is C55H77N8O7PSi2. The summed E-state index contributed by atoms with van der Waals surface area (Å²) >= 11 is 0. The number of rotatable bonds is 20. The Bertz CT molecular complexity index is 2690. The molecule has 1 fully saturated rings. The molecule has 18 heteroatoms. The monoisotopic (exact) mass is 1050 g/mol. The average molecular weight is 1050 g/mol. The normalized spacial score (nSPS) is 18.3. The van der Waals surface area contributed by atoms with Gasteiger partial charge in [0.25, 0.3) is 8.53 Å². The molecule has 6 rings (SSSR count). The van der Waals surface area contributed by atoms with E-state index in [9.17, 15) is 5.26 Å². The first kappa shape index (κ1) is 57.2. The number of hydrogen-bond acceptors (Lipinski definition) is 13. The molecule has 1 saturated heterocycles. The number of aliphatic imine (C=N–C) groups is 1. The van der Waals surface area contributed by atoms with Crippen molar-refractivity contribution < 1.29 is 32.4 Å². The molecule has 73 heavy (non-hydrogen) atoms. The van der Waals surface area contributed by atoms with Crippen LogP contribution in [0.5, 0.6) is 11.5 Å². The summed E-state index contributed by atoms with van der Waals surface area (Å²) in [5, 5.41) is 15.4. The van der Waals surface area contributed by atoms with Crippen LogP contribution in [0.3, 0.4) is 0 Å². The van der Waals surface area contributed by atoms with Gasteiger partial charge in [-0.3, -0.25) is 0 Å². The minimum atomic E-state index is -2.69. The topological polar surface area (TPSA) is 151 Å². The summed E-state index contributed by atoms with van der Waals surface area (Å²) in [6.07, 6.45) is -1.65. The van der Waals surface area contributed by atoms with Crippen LogP contribution in [0.1, 0.15) is 90.4 Å². The van der Waals surface area contributed by atoms with E-state index in [-0.39, 0.29) is 36.8 Å². The van der Waals surface area contributed by atoms with Gasteiger partial charge in [0.05, 0.1) is 45.3 Å². The number of aromatic nitrogens is 4. The lowest BCUT2D eigenvalue weighted by Gasteiger charge is -2.42. The number of amidine groups is 1. The Labute approximate surface area is 437 Å². The maximum atomic E-state index is 9.74. The molecule has 1 unspecified atom stereocenters. The summed E-state index contributed by atoms with van der Waals surface area (Å²) in [5.41, 5.74) is 5.93. The lowest BCUT2D eigenvalue weighted by atomic mass is 9.80. The highest BCUT2D eigenvalue weighted by Crippen LogP contribution is 2.53. The minimum absolute atomic E-state index is 0.00422. The smallest absolute Gasteiger partial charge is 0.259 e. The Morgan fingerprint density at radius 2 is 1.42 bits per heavy atom. The Hall–Kier alpha value is -5.05. The third kappa shape index (κ3) is 13.3. The van der Waals surface area contributed by atoms with Crippen LogP contribution >= 0.6 is 8.53 Å². The SMILES string of the molecule is COc1ccc(C(OC[C@H]2O[C@@H](n3nc(C#C[Si](C)(C)C)c4c(/N=C(/C)N(C)C)ncnc43)[C@H](O[Si](C)(C)C(C)(C)C)[C@@H]2OP(OCCC#N)N(C(C)C)C(C)C)(c2ccccc2)c2ccc(OC)cc2)cc1. The number of hydrogen-bond donors (Lipinski definition) is 0. The summed E-state index contributed by atoms with van der Waals surface area (Å²) < 4.78 is 52.4. The predicted octanol–water partition coefficient (Wildman–Crippen LogP) is 11.6. The molecule has 0 spiro atoms. The van der Waals surface area contributed by atoms with Crippen LogP contribution in [-0.2, 0) is 28.5 Å². The molecule has 0 bridgehead atoms. The fourth-order valence-corrected chi connectivity index (χ4v) is 11.8. The molecule has 1 aliphatic rings. The van der Waals surface area contributed by atoms with Gasteiger partial charge in [0.15, 0.2) is 26.0 Å². The second kappa shape index (κ2) is 24.1. The quantitative estimate of drug-likeness (QED) is 0.0138. The zero-order chi connectivity index (χ0) is 53.5. The molecular weight excluding hydrogens is 972 g/mol. The van der Waals surface area contributed by atoms with E-state index in [4.69, 9.17) is 52.5 Å². The largest absolute Gasteiger partial charge is 0.497 e. The van der Waals surface area contributed by atoms with Crippen molar-refractivity contribution in [3.8, 4) is 29.0 Å². The van der Waals surface area contributed by atoms with Gasteiger partial charge in [-0.25, -0.2) is 24.3 Å². The van der Waals surface area contributed by atoms with Crippen LogP contribution in [0.15, 0.2) is 90.2 Å². The molecule has 2 aromatic heterocycles. The summed E-state index contributed by atoms with van der Waals surface area (Å²) in [7, 11) is 0.757. The molecule has 0 amide bonds. The Morgan fingerprint density at radius 3 is 1.93 bits per heavy atom. The first-order valence-corrected chi connectivity index (χ1v) is 32.6. The zero-order valence-corrected chi connectivity index (χ0v) is 48.9. The summed E-state index contributed by atoms with van der Waals surface area (Å²) in [6, 6.07) is 28.4. The summed E-state index contributed by atoms with van der Waals surface area (Å²) in [6.45, 7) is 28.3. The highest BCUT2D eigenvalue weighted by Gasteiger charge is 2.55. The molecule has 1 aliphatic heterocycles. The molecule has 0 radical (unpaired) electrons. The highest BCUT2D eigenvalue weighted by atomic mass is 31.2. The Kier molecular flexibility index (Phi) is 18.9. The third-order valence-corrected chi connectivity index (χ3v) is 20.7. The van der Waals surface area contributed by atoms with Crippen molar-refractivity contribution in [2.75, 3.05) is 41.5 Å². The molecule has 5 aromatic rings. The summed E-state index contributed by atoms with van der Waals surface area (Å²) in [5.74, 6) is 6.06. The predicted molar refractivity (Wildman–Crippen MR) is 296 cm³/mol. The van der Waals surface area contributed by atoms with Crippen molar-refractivity contribution in [2.24, 2.45) is 4.99 Å². The lowest BCUT2D eigenvalue weighted by molar-refractivity contribution is -0.0950. The number of methoxy groups -OCH3 is 2. The van der Waals surface area contributed by atoms with Crippen LogP contribution < -0.4 is 9.47 Å². The van der Waals surface area contributed by atoms with Crippen LogP contribution in [0.2, 0.25) is 37.8 Å². The average Bonchev–Trinajstić information content (AvgIpc) is 3.88. The maximum absolute atomic E-state index is 9.74. The number of nitriles is 1. The number of nitrogens with zero attached hydrogens (tertiary/aromatic N) is 8. The second-order valence-corrected chi connectivity index (χ2v) is 32.5. The van der Waals surface area contributed by atoms with Gasteiger partial charge in [0, 0.05) is 26.2 Å². The van der Waals surface area contributed by atoms with Gasteiger partial charge < -0.3 is 37.3 Å². The second-order valence-electron chi connectivity index (χ2n) is 21.6. The standard InChI is InChI=1S/C55H77N8O7PSi2/c1-38(2)63(39(3)4)71(67-34-21-33-56)69-49-47(36-66-55(41-22-19-18-20-23-41,42-24-28-44(64-11)29-25-42)43-26-30-45(65-12)31-27-43)68-53(50(49)70-73(16,17)54(6,7)8)62-52-48(46(60-62)32-35-72(13,14)15)51(57-37-58-52)59-40(5)61(9)10/h18-20,22-31,37-39,47,49-50,53H,21,34,36H2,1-17H3/b59-40-/t47-,49-,50-,53-,71?/m1/s1. The summed E-state index contributed by atoms with van der Waals surface area (Å²) in [4.78, 5) is 16.5. The molecule has 15 nitrogen and oxygen atoms in total. The van der Waals surface area contributed by atoms with Crippen LogP contribution in [0.4, 0.5) is 5.82 Å². The molecule has 5 atom stereocenters. The van der Waals surface area contributed by atoms with Gasteiger partial charge in [-0.2, -0.15) is 10.4 Å². The van der Waals surface area contributed by atoms with Crippen molar-refractivity contribution in [1.82, 2.24) is 29.3 Å². The first-order chi connectivity index (χ1) is 34.5. The third-order valence-electron chi connectivity index (χ3n) is 13.2. The maximum Gasteiger partial charge on any atom is 0.259 e. The minimum Gasteiger partial charge on any atom is -0.497 e. The molecule has 0 saturated carbocycles. The van der Waals surface area contributed by atoms with Crippen LogP contribution in [0.25, 0.3) is 11.0 Å². The van der Waals surface area contributed by atoms with Gasteiger partial charge in [-0.1, -0.05) is 101 Å². The van der Waals surface area contributed by atoms with Crippen molar-refractivity contribution in [2.45, 2.75) is 142 Å². The fraction of sp³-hybridized carbons (Fsp3) is 0.509. The first-order valence-electron chi connectivity index (χ1n) is 25.0. The van der Waals surface area contributed by atoms with Gasteiger partial charge in [0.2, 0.25) is 0 Å². The van der Waals surface area contributed by atoms with Gasteiger partial charge in [-0.15, -0.1) is 5.54 Å². The fourth-order valence-electron chi connectivity index (χ4n) is 8.30. The molecule has 392 valence electrons. The molecule has 3 aromatic carbocycles. The van der Waals surface area contributed by atoms with Gasteiger partial charge >= 0.3 is 0 Å². The van der Waals surface area contributed by atoms with E-state index < -0.39 is 55.1 Å². The Balaban J connectivity index is 1.65. The van der Waals surface area contributed by atoms with Crippen molar-refractivity contribution >= 4 is 47.6 Å². The van der Waals surface area contributed by atoms with Crippen molar-refractivity contribution in [1.29, 1.82) is 5.26 Å². The van der Waals surface area contributed by atoms with E-state index in [1.54, 1.807) is 18.9 Å². The van der Waals surface area contributed by atoms with E-state index >= 15 is 0 Å².